The number of benzene rings is 1. The van der Waals surface area contributed by atoms with Crippen molar-refractivity contribution in [1.82, 2.24) is 10.6 Å². The number of thiocarbonyl (C=S) groups is 1. The molecule has 1 aromatic carbocycles. The van der Waals surface area contributed by atoms with E-state index in [4.69, 9.17) is 33.3 Å². The van der Waals surface area contributed by atoms with Gasteiger partial charge in [-0.1, -0.05) is 17.7 Å². The number of ether oxygens (including phenoxy) is 2. The molecule has 2 aliphatic rings. The molecule has 0 amide bonds. The van der Waals surface area contributed by atoms with Gasteiger partial charge in [0.05, 0.1) is 13.2 Å². The van der Waals surface area contributed by atoms with Crippen LogP contribution < -0.4 is 15.4 Å². The second-order valence-electron chi connectivity index (χ2n) is 4.94. The molecular weight excluding hydrogens is 300 g/mol. The first-order chi connectivity index (χ1) is 9.46. The minimum Gasteiger partial charge on any atom is -0.469 e. The number of carbonyl (C=O) groups is 1. The molecule has 0 aromatic heterocycles. The van der Waals surface area contributed by atoms with E-state index < -0.39 is 11.6 Å². The van der Waals surface area contributed by atoms with Crippen molar-refractivity contribution in [2.24, 2.45) is 5.92 Å². The fourth-order valence-electron chi connectivity index (χ4n) is 2.83. The maximum atomic E-state index is 12.1. The van der Waals surface area contributed by atoms with Gasteiger partial charge < -0.3 is 20.1 Å². The van der Waals surface area contributed by atoms with Crippen molar-refractivity contribution >= 4 is 34.9 Å². The fourth-order valence-corrected chi connectivity index (χ4v) is 3.45. The van der Waals surface area contributed by atoms with Crippen LogP contribution in [-0.2, 0) is 9.53 Å². The van der Waals surface area contributed by atoms with Gasteiger partial charge >= 0.3 is 5.97 Å². The summed E-state index contributed by atoms with van der Waals surface area (Å²) in [6.07, 6.45) is 0. The molecule has 3 rings (SSSR count). The molecule has 0 aliphatic carbocycles. The summed E-state index contributed by atoms with van der Waals surface area (Å²) in [5.41, 5.74) is -0.233. The summed E-state index contributed by atoms with van der Waals surface area (Å²) in [6.45, 7) is 1.78. The van der Waals surface area contributed by atoms with Gasteiger partial charge in [0.2, 0.25) is 0 Å². The van der Waals surface area contributed by atoms with E-state index in [1.54, 1.807) is 19.1 Å². The van der Waals surface area contributed by atoms with Gasteiger partial charge in [0.25, 0.3) is 0 Å². The number of esters is 1. The van der Waals surface area contributed by atoms with Crippen molar-refractivity contribution in [3.05, 3.63) is 28.8 Å². The zero-order valence-electron chi connectivity index (χ0n) is 10.9. The average Bonchev–Trinajstić information content (AvgIpc) is 2.35. The van der Waals surface area contributed by atoms with Crippen LogP contribution in [0.3, 0.4) is 0 Å². The number of carbonyl (C=O) groups excluding carboxylic acids is 1. The lowest BCUT2D eigenvalue weighted by molar-refractivity contribution is -0.159. The molecule has 2 heterocycles. The summed E-state index contributed by atoms with van der Waals surface area (Å²) in [5, 5.41) is 7.04. The topological polar surface area (TPSA) is 59.6 Å². The molecule has 1 saturated heterocycles. The molecule has 0 radical (unpaired) electrons. The molecule has 2 aliphatic heterocycles. The van der Waals surface area contributed by atoms with E-state index in [0.717, 1.165) is 5.56 Å². The number of nitrogens with one attached hydrogen (secondary N) is 2. The van der Waals surface area contributed by atoms with Crippen LogP contribution in [0.25, 0.3) is 0 Å². The Bertz CT molecular complexity index is 609. The van der Waals surface area contributed by atoms with E-state index in [1.807, 2.05) is 6.07 Å². The van der Waals surface area contributed by atoms with Gasteiger partial charge in [-0.05, 0) is 31.3 Å². The summed E-state index contributed by atoms with van der Waals surface area (Å²) in [4.78, 5) is 12.1. The Labute approximate surface area is 126 Å². The molecule has 5 nitrogen and oxygen atoms in total. The first kappa shape index (κ1) is 13.5. The van der Waals surface area contributed by atoms with E-state index in [2.05, 4.69) is 10.6 Å². The summed E-state index contributed by atoms with van der Waals surface area (Å²) in [7, 11) is 1.35. The minimum absolute atomic E-state index is 0.376. The van der Waals surface area contributed by atoms with Crippen molar-refractivity contribution < 1.29 is 14.3 Å². The van der Waals surface area contributed by atoms with E-state index >= 15 is 0 Å². The molecule has 1 aromatic rings. The molecule has 7 heteroatoms. The van der Waals surface area contributed by atoms with Crippen LogP contribution in [0, 0.1) is 5.92 Å². The molecule has 1 fully saturated rings. The smallest absolute Gasteiger partial charge is 0.317 e. The fraction of sp³-hybridized carbons (Fsp3) is 0.385. The third-order valence-electron chi connectivity index (χ3n) is 3.68. The Kier molecular flexibility index (Phi) is 3.02. The van der Waals surface area contributed by atoms with E-state index in [9.17, 15) is 4.79 Å². The SMILES string of the molecule is COC(=O)C1C2NC(=S)NC1(C)Oc1cccc(Cl)c12. The summed E-state index contributed by atoms with van der Waals surface area (Å²) in [6, 6.07) is 5.00. The van der Waals surface area contributed by atoms with Crippen molar-refractivity contribution in [2.45, 2.75) is 18.7 Å². The second-order valence-corrected chi connectivity index (χ2v) is 5.75. The lowest BCUT2D eigenvalue weighted by atomic mass is 9.80. The summed E-state index contributed by atoms with van der Waals surface area (Å²) < 4.78 is 10.8. The van der Waals surface area contributed by atoms with E-state index in [0.29, 0.717) is 15.9 Å². The van der Waals surface area contributed by atoms with Crippen LogP contribution in [0.5, 0.6) is 5.75 Å². The van der Waals surface area contributed by atoms with Crippen LogP contribution in [0.15, 0.2) is 18.2 Å². The Morgan fingerprint density at radius 2 is 2.30 bits per heavy atom. The van der Waals surface area contributed by atoms with Crippen molar-refractivity contribution in [3.63, 3.8) is 0 Å². The Balaban J connectivity index is 2.19. The number of hydrogen-bond donors (Lipinski definition) is 2. The van der Waals surface area contributed by atoms with Crippen molar-refractivity contribution in [1.29, 1.82) is 0 Å². The average molecular weight is 313 g/mol. The molecule has 106 valence electrons. The van der Waals surface area contributed by atoms with Crippen LogP contribution in [-0.4, -0.2) is 23.9 Å². The number of halogens is 1. The van der Waals surface area contributed by atoms with Gasteiger partial charge in [-0.25, -0.2) is 0 Å². The maximum Gasteiger partial charge on any atom is 0.317 e. The number of methoxy groups -OCH3 is 1. The monoisotopic (exact) mass is 312 g/mol. The zero-order valence-corrected chi connectivity index (χ0v) is 12.5. The quantitative estimate of drug-likeness (QED) is 0.609. The minimum atomic E-state index is -0.961. The van der Waals surface area contributed by atoms with Gasteiger partial charge in [-0.15, -0.1) is 0 Å². The normalized spacial score (nSPS) is 30.4. The Morgan fingerprint density at radius 1 is 1.55 bits per heavy atom. The van der Waals surface area contributed by atoms with Gasteiger partial charge in [0, 0.05) is 10.6 Å². The molecule has 3 atom stereocenters. The third-order valence-corrected chi connectivity index (χ3v) is 4.23. The van der Waals surface area contributed by atoms with Crippen molar-refractivity contribution in [3.8, 4) is 5.75 Å². The molecule has 0 spiro atoms. The van der Waals surface area contributed by atoms with E-state index in [-0.39, 0.29) is 12.0 Å². The van der Waals surface area contributed by atoms with Crippen LogP contribution in [0.4, 0.5) is 0 Å². The molecule has 2 N–H and O–H groups in total. The number of hydrogen-bond acceptors (Lipinski definition) is 4. The largest absolute Gasteiger partial charge is 0.469 e. The number of fused-ring (bicyclic) bond motifs is 4. The maximum absolute atomic E-state index is 12.1. The predicted octanol–water partition coefficient (Wildman–Crippen LogP) is 1.76. The lowest BCUT2D eigenvalue weighted by Gasteiger charge is -2.50. The summed E-state index contributed by atoms with van der Waals surface area (Å²) >= 11 is 11.4. The summed E-state index contributed by atoms with van der Waals surface area (Å²) in [5.74, 6) is -0.343. The van der Waals surface area contributed by atoms with Crippen molar-refractivity contribution in [2.75, 3.05) is 7.11 Å². The molecule has 0 saturated carbocycles. The molecular formula is C13H13ClN2O3S. The highest BCUT2D eigenvalue weighted by atomic mass is 35.5. The predicted molar refractivity (Wildman–Crippen MR) is 77.6 cm³/mol. The Hall–Kier alpha value is -1.53. The highest BCUT2D eigenvalue weighted by Crippen LogP contribution is 2.47. The molecule has 2 bridgehead atoms. The first-order valence-corrected chi connectivity index (χ1v) is 6.89. The highest BCUT2D eigenvalue weighted by Gasteiger charge is 2.55. The van der Waals surface area contributed by atoms with Crippen LogP contribution in [0.1, 0.15) is 18.5 Å². The molecule has 3 unspecified atom stereocenters. The highest BCUT2D eigenvalue weighted by molar-refractivity contribution is 7.80. The lowest BCUT2D eigenvalue weighted by Crippen LogP contribution is -2.70. The van der Waals surface area contributed by atoms with Gasteiger partial charge in [-0.3, -0.25) is 4.79 Å². The van der Waals surface area contributed by atoms with Gasteiger partial charge in [0.15, 0.2) is 10.8 Å². The third kappa shape index (κ3) is 1.83. The zero-order chi connectivity index (χ0) is 14.5. The number of rotatable bonds is 1. The van der Waals surface area contributed by atoms with E-state index in [1.165, 1.54) is 7.11 Å². The van der Waals surface area contributed by atoms with Crippen LogP contribution >= 0.6 is 23.8 Å². The van der Waals surface area contributed by atoms with Gasteiger partial charge in [0.1, 0.15) is 11.7 Å². The standard InChI is InChI=1S/C13H13ClN2O3S/c1-13-9(11(17)18-2)10(15-12(20)16-13)8-6(14)4-3-5-7(8)19-13/h3-5,9-10H,1-2H3,(H2,15,16,20). The Morgan fingerprint density at radius 3 is 3.00 bits per heavy atom. The second kappa shape index (κ2) is 4.49. The first-order valence-electron chi connectivity index (χ1n) is 6.10. The van der Waals surface area contributed by atoms with Gasteiger partial charge in [-0.2, -0.15) is 0 Å². The molecule has 20 heavy (non-hydrogen) atoms. The van der Waals surface area contributed by atoms with Crippen LogP contribution in [0.2, 0.25) is 5.02 Å².